The number of hydrogen-bond acceptors (Lipinski definition) is 2. The number of hydrogen-bond donors (Lipinski definition) is 1. The number of carbonyl (C=O) groups excluding carboxylic acids is 2. The van der Waals surface area contributed by atoms with Gasteiger partial charge in [0.25, 0.3) is 0 Å². The zero-order chi connectivity index (χ0) is 14.0. The molecule has 1 aliphatic heterocycles. The van der Waals surface area contributed by atoms with Gasteiger partial charge < -0.3 is 10.6 Å². The molecule has 4 nitrogen and oxygen atoms in total. The van der Waals surface area contributed by atoms with Crippen LogP contribution in [0, 0.1) is 0 Å². The van der Waals surface area contributed by atoms with Crippen LogP contribution in [0.1, 0.15) is 32.3 Å². The predicted molar refractivity (Wildman–Crippen MR) is 73.4 cm³/mol. The normalized spacial score (nSPS) is 19.5. The van der Waals surface area contributed by atoms with Crippen LogP contribution < -0.4 is 5.73 Å². The molecule has 1 aromatic rings. The van der Waals surface area contributed by atoms with E-state index in [1.165, 1.54) is 0 Å². The number of likely N-dealkylation sites (tertiary alicyclic amines) is 1. The molecular formula is C15H20N2O2. The van der Waals surface area contributed by atoms with Crippen LogP contribution in [-0.4, -0.2) is 29.3 Å². The summed E-state index contributed by atoms with van der Waals surface area (Å²) in [6, 6.07) is 9.18. The highest BCUT2D eigenvalue weighted by Crippen LogP contribution is 2.29. The summed E-state index contributed by atoms with van der Waals surface area (Å²) >= 11 is 0. The molecule has 1 heterocycles. The topological polar surface area (TPSA) is 63.4 Å². The molecule has 4 heteroatoms. The van der Waals surface area contributed by atoms with Crippen LogP contribution in [0.25, 0.3) is 0 Å². The molecule has 0 saturated carbocycles. The smallest absolute Gasteiger partial charge is 0.240 e. The lowest BCUT2D eigenvalue weighted by Crippen LogP contribution is -2.50. The quantitative estimate of drug-likeness (QED) is 0.893. The van der Waals surface area contributed by atoms with E-state index in [1.807, 2.05) is 44.2 Å². The summed E-state index contributed by atoms with van der Waals surface area (Å²) in [5.41, 5.74) is 5.69. The van der Waals surface area contributed by atoms with E-state index >= 15 is 0 Å². The summed E-state index contributed by atoms with van der Waals surface area (Å²) < 4.78 is 0. The van der Waals surface area contributed by atoms with Crippen molar-refractivity contribution in [2.24, 2.45) is 5.73 Å². The van der Waals surface area contributed by atoms with Gasteiger partial charge in [0, 0.05) is 6.54 Å². The number of rotatable bonds is 3. The third kappa shape index (κ3) is 2.48. The molecule has 1 saturated heterocycles. The number of primary amides is 1. The monoisotopic (exact) mass is 260 g/mol. The first-order valence-corrected chi connectivity index (χ1v) is 6.60. The molecule has 0 bridgehead atoms. The largest absolute Gasteiger partial charge is 0.368 e. The van der Waals surface area contributed by atoms with E-state index in [1.54, 1.807) is 4.90 Å². The lowest BCUT2D eigenvalue weighted by molar-refractivity contribution is -0.141. The van der Waals surface area contributed by atoms with Gasteiger partial charge >= 0.3 is 0 Å². The minimum absolute atomic E-state index is 0.0278. The lowest BCUT2D eigenvalue weighted by Gasteiger charge is -2.32. The second-order valence-corrected chi connectivity index (χ2v) is 5.55. The van der Waals surface area contributed by atoms with Crippen LogP contribution in [0.3, 0.4) is 0 Å². The van der Waals surface area contributed by atoms with Gasteiger partial charge in [0.1, 0.15) is 6.04 Å². The molecule has 0 radical (unpaired) electrons. The Bertz CT molecular complexity index is 482. The van der Waals surface area contributed by atoms with Gasteiger partial charge in [0.2, 0.25) is 11.8 Å². The van der Waals surface area contributed by atoms with Crippen LogP contribution in [-0.2, 0) is 15.0 Å². The highest BCUT2D eigenvalue weighted by atomic mass is 16.2. The number of nitrogens with zero attached hydrogens (tertiary/aromatic N) is 1. The molecule has 0 aliphatic carbocycles. The van der Waals surface area contributed by atoms with Crippen molar-refractivity contribution < 1.29 is 9.59 Å². The van der Waals surface area contributed by atoms with Crippen LogP contribution in [0.5, 0.6) is 0 Å². The number of benzene rings is 1. The summed E-state index contributed by atoms with van der Waals surface area (Å²) in [7, 11) is 0. The van der Waals surface area contributed by atoms with E-state index in [0.717, 1.165) is 12.0 Å². The number of amides is 2. The molecule has 1 aromatic carbocycles. The van der Waals surface area contributed by atoms with Gasteiger partial charge in [-0.15, -0.1) is 0 Å². The molecule has 0 aromatic heterocycles. The SMILES string of the molecule is CC(C)(C(=O)N1CCC[C@H]1C(N)=O)c1ccccc1. The zero-order valence-electron chi connectivity index (χ0n) is 11.4. The predicted octanol–water partition coefficient (Wildman–Crippen LogP) is 1.44. The Balaban J connectivity index is 2.26. The van der Waals surface area contributed by atoms with Crippen molar-refractivity contribution >= 4 is 11.8 Å². The zero-order valence-corrected chi connectivity index (χ0v) is 11.4. The van der Waals surface area contributed by atoms with Crippen LogP contribution in [0.15, 0.2) is 30.3 Å². The van der Waals surface area contributed by atoms with Crippen LogP contribution >= 0.6 is 0 Å². The molecule has 102 valence electrons. The fourth-order valence-electron chi connectivity index (χ4n) is 2.64. The van der Waals surface area contributed by atoms with Gasteiger partial charge in [-0.3, -0.25) is 9.59 Å². The Morgan fingerprint density at radius 3 is 2.47 bits per heavy atom. The highest BCUT2D eigenvalue weighted by Gasteiger charge is 2.40. The second kappa shape index (κ2) is 5.03. The maximum absolute atomic E-state index is 12.7. The van der Waals surface area contributed by atoms with Crippen molar-refractivity contribution in [2.75, 3.05) is 6.54 Å². The molecule has 1 fully saturated rings. The molecule has 1 aliphatic rings. The van der Waals surface area contributed by atoms with Gasteiger partial charge in [0.05, 0.1) is 5.41 Å². The Morgan fingerprint density at radius 2 is 1.89 bits per heavy atom. The maximum Gasteiger partial charge on any atom is 0.240 e. The Labute approximate surface area is 113 Å². The fraction of sp³-hybridized carbons (Fsp3) is 0.467. The third-order valence-corrected chi connectivity index (χ3v) is 3.87. The maximum atomic E-state index is 12.7. The van der Waals surface area contributed by atoms with E-state index in [0.29, 0.717) is 13.0 Å². The first-order chi connectivity index (χ1) is 8.94. The standard InChI is InChI=1S/C15H20N2O2/c1-15(2,11-7-4-3-5-8-11)14(19)17-10-6-9-12(17)13(16)18/h3-5,7-8,12H,6,9-10H2,1-2H3,(H2,16,18)/t12-/m0/s1. The fourth-order valence-corrected chi connectivity index (χ4v) is 2.64. The van der Waals surface area contributed by atoms with Gasteiger partial charge in [-0.2, -0.15) is 0 Å². The summed E-state index contributed by atoms with van der Waals surface area (Å²) in [6.45, 7) is 4.39. The first-order valence-electron chi connectivity index (χ1n) is 6.60. The average Bonchev–Trinajstić information content (AvgIpc) is 2.88. The minimum Gasteiger partial charge on any atom is -0.368 e. The van der Waals surface area contributed by atoms with Crippen molar-refractivity contribution in [1.82, 2.24) is 4.90 Å². The van der Waals surface area contributed by atoms with Gasteiger partial charge in [-0.05, 0) is 32.3 Å². The van der Waals surface area contributed by atoms with Crippen molar-refractivity contribution in [3.05, 3.63) is 35.9 Å². The molecule has 2 rings (SSSR count). The first kappa shape index (κ1) is 13.6. The molecule has 2 amide bonds. The van der Waals surface area contributed by atoms with Gasteiger partial charge in [0.15, 0.2) is 0 Å². The average molecular weight is 260 g/mol. The molecule has 0 spiro atoms. The molecular weight excluding hydrogens is 240 g/mol. The Kier molecular flexibility index (Phi) is 3.60. The molecule has 0 unspecified atom stereocenters. The number of carbonyl (C=O) groups is 2. The summed E-state index contributed by atoms with van der Waals surface area (Å²) in [5, 5.41) is 0. The van der Waals surface area contributed by atoms with Crippen LogP contribution in [0.4, 0.5) is 0 Å². The van der Waals surface area contributed by atoms with Crippen LogP contribution in [0.2, 0.25) is 0 Å². The summed E-state index contributed by atoms with van der Waals surface area (Å²) in [6.07, 6.45) is 1.51. The van der Waals surface area contributed by atoms with Crippen molar-refractivity contribution in [3.63, 3.8) is 0 Å². The molecule has 19 heavy (non-hydrogen) atoms. The minimum atomic E-state index is -0.640. The van der Waals surface area contributed by atoms with Gasteiger partial charge in [-0.25, -0.2) is 0 Å². The van der Waals surface area contributed by atoms with E-state index < -0.39 is 17.4 Å². The molecule has 1 atom stereocenters. The summed E-state index contributed by atoms with van der Waals surface area (Å²) in [4.78, 5) is 25.7. The Hall–Kier alpha value is -1.84. The lowest BCUT2D eigenvalue weighted by atomic mass is 9.83. The summed E-state index contributed by atoms with van der Waals surface area (Å²) in [5.74, 6) is -0.435. The van der Waals surface area contributed by atoms with Gasteiger partial charge in [-0.1, -0.05) is 30.3 Å². The molecule has 2 N–H and O–H groups in total. The van der Waals surface area contributed by atoms with E-state index in [9.17, 15) is 9.59 Å². The van der Waals surface area contributed by atoms with Crippen molar-refractivity contribution in [1.29, 1.82) is 0 Å². The van der Waals surface area contributed by atoms with Crippen molar-refractivity contribution in [2.45, 2.75) is 38.1 Å². The van der Waals surface area contributed by atoms with Crippen molar-refractivity contribution in [3.8, 4) is 0 Å². The highest BCUT2D eigenvalue weighted by molar-refractivity contribution is 5.92. The van der Waals surface area contributed by atoms with E-state index in [-0.39, 0.29) is 5.91 Å². The van der Waals surface area contributed by atoms with E-state index in [4.69, 9.17) is 5.73 Å². The number of nitrogens with two attached hydrogens (primary N) is 1. The Morgan fingerprint density at radius 1 is 1.26 bits per heavy atom. The van der Waals surface area contributed by atoms with E-state index in [2.05, 4.69) is 0 Å². The third-order valence-electron chi connectivity index (χ3n) is 3.87. The second-order valence-electron chi connectivity index (χ2n) is 5.55.